The lowest BCUT2D eigenvalue weighted by Crippen LogP contribution is -2.29. The van der Waals surface area contributed by atoms with Crippen LogP contribution >= 0.6 is 0 Å². The maximum atomic E-state index is 6.31. The number of fused-ring (bicyclic) bond motifs is 1. The van der Waals surface area contributed by atoms with Crippen molar-refractivity contribution >= 4 is 0 Å². The Labute approximate surface area is 155 Å². The molecule has 3 aromatic rings. The van der Waals surface area contributed by atoms with Gasteiger partial charge in [-0.2, -0.15) is 0 Å². The molecular formula is C24H25NO. The van der Waals surface area contributed by atoms with Gasteiger partial charge in [0.25, 0.3) is 0 Å². The summed E-state index contributed by atoms with van der Waals surface area (Å²) in [4.78, 5) is 0. The van der Waals surface area contributed by atoms with E-state index in [1.54, 1.807) is 0 Å². The van der Waals surface area contributed by atoms with Gasteiger partial charge in [-0.15, -0.1) is 0 Å². The quantitative estimate of drug-likeness (QED) is 0.647. The van der Waals surface area contributed by atoms with E-state index in [1.165, 1.54) is 16.7 Å². The van der Waals surface area contributed by atoms with Crippen molar-refractivity contribution in [2.75, 3.05) is 6.54 Å². The average Bonchev–Trinajstić information content (AvgIpc) is 2.73. The van der Waals surface area contributed by atoms with Crippen LogP contribution in [0.25, 0.3) is 0 Å². The highest BCUT2D eigenvalue weighted by Crippen LogP contribution is 2.41. The Bertz CT molecular complexity index is 831. The molecule has 26 heavy (non-hydrogen) atoms. The fourth-order valence-corrected chi connectivity index (χ4v) is 3.76. The first-order valence-corrected chi connectivity index (χ1v) is 9.40. The largest absolute Gasteiger partial charge is 0.485 e. The van der Waals surface area contributed by atoms with E-state index in [2.05, 4.69) is 97.2 Å². The zero-order chi connectivity index (χ0) is 17.8. The highest BCUT2D eigenvalue weighted by Gasteiger charge is 2.29. The molecule has 3 aromatic carbocycles. The highest BCUT2D eigenvalue weighted by atomic mass is 16.5. The molecule has 2 heteroatoms. The Morgan fingerprint density at radius 3 is 2.31 bits per heavy atom. The van der Waals surface area contributed by atoms with Crippen LogP contribution in [0.1, 0.15) is 48.1 Å². The molecule has 4 rings (SSSR count). The predicted molar refractivity (Wildman–Crippen MR) is 106 cm³/mol. The summed E-state index contributed by atoms with van der Waals surface area (Å²) in [6, 6.07) is 30.0. The molecule has 0 aliphatic carbocycles. The molecule has 3 atom stereocenters. The smallest absolute Gasteiger partial charge is 0.124 e. The van der Waals surface area contributed by atoms with E-state index in [0.29, 0.717) is 12.0 Å². The van der Waals surface area contributed by atoms with E-state index in [-0.39, 0.29) is 6.10 Å². The molecule has 132 valence electrons. The van der Waals surface area contributed by atoms with Crippen LogP contribution in [0.15, 0.2) is 84.9 Å². The van der Waals surface area contributed by atoms with E-state index >= 15 is 0 Å². The van der Waals surface area contributed by atoms with Crippen molar-refractivity contribution in [3.05, 3.63) is 102 Å². The van der Waals surface area contributed by atoms with Gasteiger partial charge in [-0.3, -0.25) is 0 Å². The fraction of sp³-hybridized carbons (Fsp3) is 0.250. The van der Waals surface area contributed by atoms with E-state index in [4.69, 9.17) is 4.74 Å². The first-order valence-electron chi connectivity index (χ1n) is 9.40. The van der Waals surface area contributed by atoms with Gasteiger partial charge in [0.1, 0.15) is 11.9 Å². The second-order valence-corrected chi connectivity index (χ2v) is 7.03. The van der Waals surface area contributed by atoms with Crippen LogP contribution in [0.3, 0.4) is 0 Å². The van der Waals surface area contributed by atoms with E-state index < -0.39 is 0 Å². The monoisotopic (exact) mass is 343 g/mol. The summed E-state index contributed by atoms with van der Waals surface area (Å²) in [5.74, 6) is 1.46. The minimum Gasteiger partial charge on any atom is -0.485 e. The number of rotatable bonds is 5. The van der Waals surface area contributed by atoms with Crippen LogP contribution in [-0.2, 0) is 0 Å². The van der Waals surface area contributed by atoms with Crippen molar-refractivity contribution in [3.8, 4) is 5.75 Å². The molecule has 2 unspecified atom stereocenters. The second-order valence-electron chi connectivity index (χ2n) is 7.03. The number of ether oxygens (including phenoxy) is 1. The van der Waals surface area contributed by atoms with Gasteiger partial charge in [0.2, 0.25) is 0 Å². The normalized spacial score (nSPS) is 20.0. The van der Waals surface area contributed by atoms with Gasteiger partial charge in [0.15, 0.2) is 0 Å². The van der Waals surface area contributed by atoms with Crippen LogP contribution in [0.5, 0.6) is 5.75 Å². The summed E-state index contributed by atoms with van der Waals surface area (Å²) in [5, 5.41) is 3.73. The molecule has 0 aromatic heterocycles. The van der Waals surface area contributed by atoms with Crippen LogP contribution in [0.4, 0.5) is 0 Å². The number of hydrogen-bond acceptors (Lipinski definition) is 2. The number of hydrogen-bond donors (Lipinski definition) is 1. The van der Waals surface area contributed by atoms with Gasteiger partial charge >= 0.3 is 0 Å². The molecule has 0 spiro atoms. The maximum absolute atomic E-state index is 6.31. The van der Waals surface area contributed by atoms with Crippen molar-refractivity contribution in [2.45, 2.75) is 31.4 Å². The zero-order valence-corrected chi connectivity index (χ0v) is 15.1. The zero-order valence-electron chi connectivity index (χ0n) is 15.1. The summed E-state index contributed by atoms with van der Waals surface area (Å²) in [6.07, 6.45) is 1.11. The SMILES string of the molecule is CC(NC[C@@H]1CC(c2ccccc2)Oc2ccccc21)c1ccccc1. The molecule has 2 nitrogen and oxygen atoms in total. The van der Waals surface area contributed by atoms with E-state index in [1.807, 2.05) is 0 Å². The third-order valence-corrected chi connectivity index (χ3v) is 5.27. The molecule has 0 saturated heterocycles. The Hall–Kier alpha value is -2.58. The van der Waals surface area contributed by atoms with Gasteiger partial charge in [-0.05, 0) is 36.1 Å². The first-order chi connectivity index (χ1) is 12.8. The summed E-state index contributed by atoms with van der Waals surface area (Å²) >= 11 is 0. The Morgan fingerprint density at radius 1 is 0.885 bits per heavy atom. The Kier molecular flexibility index (Phi) is 5.03. The lowest BCUT2D eigenvalue weighted by Gasteiger charge is -2.33. The average molecular weight is 343 g/mol. The molecule has 0 bridgehead atoms. The van der Waals surface area contributed by atoms with E-state index in [9.17, 15) is 0 Å². The third-order valence-electron chi connectivity index (χ3n) is 5.27. The molecule has 1 heterocycles. The molecule has 1 N–H and O–H groups in total. The molecular weight excluding hydrogens is 318 g/mol. The van der Waals surface area contributed by atoms with Gasteiger partial charge < -0.3 is 10.1 Å². The van der Waals surface area contributed by atoms with Crippen molar-refractivity contribution in [3.63, 3.8) is 0 Å². The lowest BCUT2D eigenvalue weighted by molar-refractivity contribution is 0.158. The third kappa shape index (κ3) is 3.66. The minimum atomic E-state index is 0.116. The van der Waals surface area contributed by atoms with Gasteiger partial charge in [0, 0.05) is 18.5 Å². The fourth-order valence-electron chi connectivity index (χ4n) is 3.76. The summed E-state index contributed by atoms with van der Waals surface area (Å²) in [7, 11) is 0. The number of para-hydroxylation sites is 1. The number of benzene rings is 3. The molecule has 0 saturated carbocycles. The van der Waals surface area contributed by atoms with Crippen molar-refractivity contribution < 1.29 is 4.74 Å². The molecule has 0 amide bonds. The van der Waals surface area contributed by atoms with Crippen molar-refractivity contribution in [1.82, 2.24) is 5.32 Å². The molecule has 1 aliphatic rings. The lowest BCUT2D eigenvalue weighted by atomic mass is 9.87. The van der Waals surface area contributed by atoms with Crippen LogP contribution < -0.4 is 10.1 Å². The maximum Gasteiger partial charge on any atom is 0.124 e. The van der Waals surface area contributed by atoms with Crippen LogP contribution in [-0.4, -0.2) is 6.54 Å². The molecule has 0 fully saturated rings. The summed E-state index contributed by atoms with van der Waals surface area (Å²) in [6.45, 7) is 3.18. The molecule has 1 aliphatic heterocycles. The minimum absolute atomic E-state index is 0.116. The Balaban J connectivity index is 1.52. The van der Waals surface area contributed by atoms with Crippen molar-refractivity contribution in [1.29, 1.82) is 0 Å². The first kappa shape index (κ1) is 16.9. The highest BCUT2D eigenvalue weighted by molar-refractivity contribution is 5.40. The molecule has 0 radical (unpaired) electrons. The standard InChI is InChI=1S/C24H25NO/c1-18(19-10-4-2-5-11-19)25-17-21-16-24(20-12-6-3-7-13-20)26-23-15-9-8-14-22(21)23/h2-15,18,21,24-25H,16-17H2,1H3/t18?,21-,24?/m0/s1. The van der Waals surface area contributed by atoms with Crippen LogP contribution in [0, 0.1) is 0 Å². The van der Waals surface area contributed by atoms with Crippen molar-refractivity contribution in [2.24, 2.45) is 0 Å². The second kappa shape index (κ2) is 7.76. The van der Waals surface area contributed by atoms with Crippen LogP contribution in [0.2, 0.25) is 0 Å². The summed E-state index contributed by atoms with van der Waals surface area (Å²) in [5.41, 5.74) is 3.89. The van der Waals surface area contributed by atoms with Gasteiger partial charge in [-0.25, -0.2) is 0 Å². The van der Waals surface area contributed by atoms with E-state index in [0.717, 1.165) is 18.7 Å². The Morgan fingerprint density at radius 2 is 1.54 bits per heavy atom. The topological polar surface area (TPSA) is 21.3 Å². The predicted octanol–water partition coefficient (Wildman–Crippen LogP) is 5.64. The van der Waals surface area contributed by atoms with Gasteiger partial charge in [0.05, 0.1) is 0 Å². The van der Waals surface area contributed by atoms with Gasteiger partial charge in [-0.1, -0.05) is 78.9 Å². The summed E-state index contributed by atoms with van der Waals surface area (Å²) < 4.78 is 6.31. The number of nitrogens with one attached hydrogen (secondary N) is 1.